The highest BCUT2D eigenvalue weighted by Gasteiger charge is 2.12. The summed E-state index contributed by atoms with van der Waals surface area (Å²) >= 11 is 1.61. The number of nitrogens with zero attached hydrogens (tertiary/aromatic N) is 4. The molecule has 1 aliphatic heterocycles. The SMILES string of the molecule is C(#C[C@H]1CCCN1)c1cc2c(Nc3ccc4c(cnn4Cc4ccccc4)c3)ncnc2s1. The van der Waals surface area contributed by atoms with E-state index in [-0.39, 0.29) is 0 Å². The lowest BCUT2D eigenvalue weighted by Gasteiger charge is -2.08. The molecule has 0 radical (unpaired) electrons. The van der Waals surface area contributed by atoms with Crippen molar-refractivity contribution < 1.29 is 0 Å². The van der Waals surface area contributed by atoms with Crippen LogP contribution in [0.5, 0.6) is 0 Å². The number of thiophene rings is 1. The van der Waals surface area contributed by atoms with Crippen molar-refractivity contribution in [3.8, 4) is 11.8 Å². The minimum absolute atomic E-state index is 0.299. The van der Waals surface area contributed by atoms with Crippen molar-refractivity contribution in [1.82, 2.24) is 25.1 Å². The number of rotatable bonds is 4. The third kappa shape index (κ3) is 4.19. The van der Waals surface area contributed by atoms with Crippen molar-refractivity contribution in [3.63, 3.8) is 0 Å². The Balaban J connectivity index is 1.26. The van der Waals surface area contributed by atoms with Gasteiger partial charge in [0.1, 0.15) is 17.0 Å². The zero-order valence-electron chi connectivity index (χ0n) is 18.0. The number of aromatic nitrogens is 4. The molecule has 0 unspecified atom stereocenters. The quantitative estimate of drug-likeness (QED) is 0.380. The fraction of sp³-hybridized carbons (Fsp3) is 0.192. The van der Waals surface area contributed by atoms with Gasteiger partial charge in [-0.1, -0.05) is 42.2 Å². The van der Waals surface area contributed by atoms with Crippen LogP contribution in [-0.4, -0.2) is 32.3 Å². The number of anilines is 2. The number of benzene rings is 2. The lowest BCUT2D eigenvalue weighted by molar-refractivity contribution is 0.712. The molecule has 4 heterocycles. The fourth-order valence-corrected chi connectivity index (χ4v) is 5.03. The maximum absolute atomic E-state index is 4.59. The Morgan fingerprint density at radius 2 is 2.06 bits per heavy atom. The zero-order valence-corrected chi connectivity index (χ0v) is 18.8. The van der Waals surface area contributed by atoms with E-state index in [1.165, 1.54) is 12.0 Å². The van der Waals surface area contributed by atoms with Crippen molar-refractivity contribution in [2.45, 2.75) is 25.4 Å². The smallest absolute Gasteiger partial charge is 0.142 e. The fourth-order valence-electron chi connectivity index (χ4n) is 4.17. The molecular weight excluding hydrogens is 428 g/mol. The summed E-state index contributed by atoms with van der Waals surface area (Å²) in [5.41, 5.74) is 3.30. The van der Waals surface area contributed by atoms with E-state index >= 15 is 0 Å². The summed E-state index contributed by atoms with van der Waals surface area (Å²) in [6, 6.07) is 19.0. The molecule has 1 atom stereocenters. The van der Waals surface area contributed by atoms with Crippen LogP contribution in [0.2, 0.25) is 0 Å². The summed E-state index contributed by atoms with van der Waals surface area (Å²) in [6.07, 6.45) is 5.83. The molecule has 0 bridgehead atoms. The number of hydrogen-bond donors (Lipinski definition) is 2. The lowest BCUT2D eigenvalue weighted by atomic mass is 10.2. The molecule has 1 aliphatic rings. The lowest BCUT2D eigenvalue weighted by Crippen LogP contribution is -2.18. The molecule has 1 fully saturated rings. The van der Waals surface area contributed by atoms with Gasteiger partial charge in [-0.25, -0.2) is 9.97 Å². The summed E-state index contributed by atoms with van der Waals surface area (Å²) in [4.78, 5) is 10.9. The van der Waals surface area contributed by atoms with Crippen LogP contribution >= 0.6 is 11.3 Å². The maximum atomic E-state index is 4.59. The van der Waals surface area contributed by atoms with Gasteiger partial charge in [0.15, 0.2) is 0 Å². The van der Waals surface area contributed by atoms with E-state index in [0.717, 1.165) is 57.0 Å². The van der Waals surface area contributed by atoms with Crippen molar-refractivity contribution >= 4 is 44.0 Å². The van der Waals surface area contributed by atoms with Crippen molar-refractivity contribution in [3.05, 3.63) is 77.6 Å². The highest BCUT2D eigenvalue weighted by molar-refractivity contribution is 7.19. The van der Waals surface area contributed by atoms with E-state index in [9.17, 15) is 0 Å². The van der Waals surface area contributed by atoms with Crippen LogP contribution in [0, 0.1) is 11.8 Å². The summed E-state index contributed by atoms with van der Waals surface area (Å²) in [6.45, 7) is 1.81. The zero-order chi connectivity index (χ0) is 22.0. The predicted molar refractivity (Wildman–Crippen MR) is 134 cm³/mol. The average molecular weight is 451 g/mol. The molecule has 0 aliphatic carbocycles. The first-order valence-electron chi connectivity index (χ1n) is 11.1. The number of fused-ring (bicyclic) bond motifs is 2. The molecule has 0 saturated carbocycles. The van der Waals surface area contributed by atoms with Gasteiger partial charge >= 0.3 is 0 Å². The minimum atomic E-state index is 0.299. The van der Waals surface area contributed by atoms with Gasteiger partial charge in [-0.15, -0.1) is 11.3 Å². The molecule has 1 saturated heterocycles. The molecule has 6 nitrogen and oxygen atoms in total. The van der Waals surface area contributed by atoms with Gasteiger partial charge in [0.25, 0.3) is 0 Å². The van der Waals surface area contributed by atoms with Crippen molar-refractivity contribution in [1.29, 1.82) is 0 Å². The Labute approximate surface area is 195 Å². The summed E-state index contributed by atoms with van der Waals surface area (Å²) in [5, 5.41) is 13.6. The highest BCUT2D eigenvalue weighted by atomic mass is 32.1. The van der Waals surface area contributed by atoms with Gasteiger partial charge < -0.3 is 10.6 Å². The number of hydrogen-bond acceptors (Lipinski definition) is 6. The van der Waals surface area contributed by atoms with Crippen LogP contribution in [0.15, 0.2) is 67.1 Å². The largest absolute Gasteiger partial charge is 0.340 e. The van der Waals surface area contributed by atoms with Gasteiger partial charge in [-0.2, -0.15) is 5.10 Å². The highest BCUT2D eigenvalue weighted by Crippen LogP contribution is 2.30. The minimum Gasteiger partial charge on any atom is -0.340 e. The average Bonchev–Trinajstić information content (AvgIpc) is 3.59. The van der Waals surface area contributed by atoms with Gasteiger partial charge in [0.2, 0.25) is 0 Å². The Hall–Kier alpha value is -3.73. The van der Waals surface area contributed by atoms with E-state index in [1.807, 2.05) is 16.9 Å². The first-order chi connectivity index (χ1) is 16.3. The molecule has 162 valence electrons. The topological polar surface area (TPSA) is 67.7 Å². The Kier molecular flexibility index (Phi) is 5.23. The molecule has 2 aromatic carbocycles. The molecule has 7 heteroatoms. The second-order valence-corrected chi connectivity index (χ2v) is 9.19. The van der Waals surface area contributed by atoms with Gasteiger partial charge in [0.05, 0.1) is 34.6 Å². The molecule has 6 rings (SSSR count). The summed E-state index contributed by atoms with van der Waals surface area (Å²) < 4.78 is 2.03. The monoisotopic (exact) mass is 450 g/mol. The molecule has 5 aromatic rings. The van der Waals surface area contributed by atoms with Crippen LogP contribution in [0.3, 0.4) is 0 Å². The summed E-state index contributed by atoms with van der Waals surface area (Å²) in [7, 11) is 0. The molecular formula is C26H22N6S. The van der Waals surface area contributed by atoms with Crippen LogP contribution in [0.1, 0.15) is 23.3 Å². The van der Waals surface area contributed by atoms with Crippen molar-refractivity contribution in [2.24, 2.45) is 0 Å². The van der Waals surface area contributed by atoms with Crippen LogP contribution in [-0.2, 0) is 6.54 Å². The van der Waals surface area contributed by atoms with E-state index in [2.05, 4.69) is 86.1 Å². The van der Waals surface area contributed by atoms with Gasteiger partial charge in [0, 0.05) is 11.1 Å². The number of nitrogens with one attached hydrogen (secondary N) is 2. The van der Waals surface area contributed by atoms with E-state index in [1.54, 1.807) is 17.7 Å². The van der Waals surface area contributed by atoms with E-state index in [4.69, 9.17) is 0 Å². The second-order valence-electron chi connectivity index (χ2n) is 8.16. The Bertz CT molecular complexity index is 1490. The van der Waals surface area contributed by atoms with Gasteiger partial charge in [-0.3, -0.25) is 4.68 Å². The van der Waals surface area contributed by atoms with Gasteiger partial charge in [-0.05, 0) is 49.2 Å². The predicted octanol–water partition coefficient (Wildman–Crippen LogP) is 4.94. The molecule has 3 aromatic heterocycles. The molecule has 0 amide bonds. The molecule has 2 N–H and O–H groups in total. The molecule has 0 spiro atoms. The van der Waals surface area contributed by atoms with Crippen LogP contribution < -0.4 is 10.6 Å². The van der Waals surface area contributed by atoms with E-state index in [0.29, 0.717) is 6.04 Å². The first kappa shape index (κ1) is 19.9. The standard InChI is InChI=1S/C26H22N6S/c1-2-5-18(6-3-1)16-32-24-11-9-21(13-19(24)15-30-32)31-25-23-14-22(33-26(23)29-17-28-25)10-8-20-7-4-12-27-20/h1-3,5-6,9,11,13-15,17,20,27H,4,7,12,16H2,(H,28,29,31)/t20-/m1/s1. The third-order valence-electron chi connectivity index (χ3n) is 5.84. The first-order valence-corrected chi connectivity index (χ1v) is 11.9. The maximum Gasteiger partial charge on any atom is 0.142 e. The van der Waals surface area contributed by atoms with E-state index < -0.39 is 0 Å². The second kappa shape index (κ2) is 8.66. The van der Waals surface area contributed by atoms with Crippen molar-refractivity contribution in [2.75, 3.05) is 11.9 Å². The summed E-state index contributed by atoms with van der Waals surface area (Å²) in [5.74, 6) is 7.44. The molecule has 33 heavy (non-hydrogen) atoms. The third-order valence-corrected chi connectivity index (χ3v) is 6.80. The Morgan fingerprint density at radius 1 is 1.12 bits per heavy atom. The normalized spacial score (nSPS) is 15.6. The van der Waals surface area contributed by atoms with Crippen LogP contribution in [0.4, 0.5) is 11.5 Å². The Morgan fingerprint density at radius 3 is 2.94 bits per heavy atom. The van der Waals surface area contributed by atoms with Crippen LogP contribution in [0.25, 0.3) is 21.1 Å².